The van der Waals surface area contributed by atoms with Crippen LogP contribution in [0, 0.1) is 17.8 Å². The highest BCUT2D eigenvalue weighted by molar-refractivity contribution is 6.07. The molecule has 0 amide bonds. The Balaban J connectivity index is 1.03. The van der Waals surface area contributed by atoms with Gasteiger partial charge in [0.25, 0.3) is 0 Å². The van der Waals surface area contributed by atoms with Crippen LogP contribution >= 0.6 is 0 Å². The van der Waals surface area contributed by atoms with Gasteiger partial charge in [0.1, 0.15) is 11.2 Å². The molecule has 6 aromatic carbocycles. The predicted molar refractivity (Wildman–Crippen MR) is 228 cm³/mol. The summed E-state index contributed by atoms with van der Waals surface area (Å²) in [7, 11) is 0. The number of furan rings is 1. The Labute approximate surface area is 325 Å². The van der Waals surface area contributed by atoms with E-state index in [1.807, 2.05) is 0 Å². The molecule has 6 aliphatic rings. The minimum absolute atomic E-state index is 0.0816. The fourth-order valence-corrected chi connectivity index (χ4v) is 12.8. The number of hydrogen-bond donors (Lipinski definition) is 0. The maximum Gasteiger partial charge on any atom is 0.135 e. The zero-order chi connectivity index (χ0) is 36.5. The third-order valence-electron chi connectivity index (χ3n) is 15.0. The second-order valence-corrected chi connectivity index (χ2v) is 18.6. The van der Waals surface area contributed by atoms with Crippen LogP contribution in [0.3, 0.4) is 0 Å². The summed E-state index contributed by atoms with van der Waals surface area (Å²) in [5.41, 5.74) is 18.6. The highest BCUT2D eigenvalue weighted by Gasteiger charge is 2.51. The molecule has 0 atom stereocenters. The molecule has 4 fully saturated rings. The molecule has 55 heavy (non-hydrogen) atoms. The quantitative estimate of drug-likeness (QED) is 0.180. The summed E-state index contributed by atoms with van der Waals surface area (Å²) in [5.74, 6) is 2.77. The van der Waals surface area contributed by atoms with Crippen LogP contribution in [0.1, 0.15) is 93.0 Å². The lowest BCUT2D eigenvalue weighted by Gasteiger charge is -2.57. The number of anilines is 3. The smallest absolute Gasteiger partial charge is 0.135 e. The molecule has 0 unspecified atom stereocenters. The number of fused-ring (bicyclic) bond motifs is 9. The van der Waals surface area contributed by atoms with Gasteiger partial charge in [0.15, 0.2) is 0 Å². The molecule has 0 radical (unpaired) electrons. The van der Waals surface area contributed by atoms with Crippen molar-refractivity contribution in [1.82, 2.24) is 0 Å². The Kier molecular flexibility index (Phi) is 6.86. The molecular weight excluding hydrogens is 667 g/mol. The highest BCUT2D eigenvalue weighted by atomic mass is 16.3. The van der Waals surface area contributed by atoms with Gasteiger partial charge >= 0.3 is 0 Å². The van der Waals surface area contributed by atoms with Gasteiger partial charge in [-0.25, -0.2) is 0 Å². The summed E-state index contributed by atoms with van der Waals surface area (Å²) in [6, 6.07) is 46.7. The Morgan fingerprint density at radius 3 is 1.85 bits per heavy atom. The Bertz CT molecular complexity index is 2650. The molecule has 0 N–H and O–H groups in total. The monoisotopic (exact) mass is 715 g/mol. The lowest BCUT2D eigenvalue weighted by atomic mass is 9.48. The Hall–Kier alpha value is -5.08. The van der Waals surface area contributed by atoms with Crippen LogP contribution in [0.15, 0.2) is 126 Å². The first-order valence-electron chi connectivity index (χ1n) is 21.1. The summed E-state index contributed by atoms with van der Waals surface area (Å²) in [6.45, 7) is 4.78. The molecule has 2 heteroatoms. The second kappa shape index (κ2) is 11.7. The van der Waals surface area contributed by atoms with Gasteiger partial charge in [-0.05, 0) is 192 Å². The summed E-state index contributed by atoms with van der Waals surface area (Å²) in [4.78, 5) is 2.52. The van der Waals surface area contributed by atoms with Gasteiger partial charge in [0.2, 0.25) is 0 Å². The Morgan fingerprint density at radius 1 is 0.509 bits per heavy atom. The standard InChI is InChI=1S/C53H49NO/c1-52(2)48-14-8-7-13-44(48)45-20-17-41(29-49(45)52)54(39-16-19-43-37(26-39)11-4-3-9-36-10-5-6-12-42(36)43)40-18-22-51-47(28-40)46-27-38(15-21-50(46)55-51)53-30-33-23-34(31-53)25-35(24-33)32-53/h5-8,10,12-22,26-29,33-35H,3-4,9,11,23-25,30-32H2,1-2H3. The van der Waals surface area contributed by atoms with Crippen molar-refractivity contribution in [2.24, 2.45) is 17.8 Å². The van der Waals surface area contributed by atoms with Crippen LogP contribution in [-0.4, -0.2) is 0 Å². The maximum absolute atomic E-state index is 6.61. The topological polar surface area (TPSA) is 16.4 Å². The van der Waals surface area contributed by atoms with E-state index >= 15 is 0 Å². The van der Waals surface area contributed by atoms with E-state index in [2.05, 4.69) is 140 Å². The van der Waals surface area contributed by atoms with Gasteiger partial charge in [0, 0.05) is 33.2 Å². The number of hydrogen-bond acceptors (Lipinski definition) is 2. The number of rotatable bonds is 4. The lowest BCUT2D eigenvalue weighted by molar-refractivity contribution is -0.00513. The molecular formula is C53H49NO. The number of nitrogens with zero attached hydrogens (tertiary/aromatic N) is 1. The number of benzene rings is 6. The Morgan fingerprint density at radius 2 is 1.07 bits per heavy atom. The van der Waals surface area contributed by atoms with E-state index in [1.54, 1.807) is 5.56 Å². The van der Waals surface area contributed by atoms with E-state index in [0.717, 1.165) is 41.8 Å². The fourth-order valence-electron chi connectivity index (χ4n) is 12.8. The van der Waals surface area contributed by atoms with Crippen LogP contribution in [0.4, 0.5) is 17.1 Å². The largest absolute Gasteiger partial charge is 0.456 e. The molecule has 6 aliphatic carbocycles. The molecule has 1 aromatic heterocycles. The van der Waals surface area contributed by atoms with Crippen molar-refractivity contribution in [2.75, 3.05) is 4.90 Å². The molecule has 0 saturated heterocycles. The lowest BCUT2D eigenvalue weighted by Crippen LogP contribution is -2.48. The van der Waals surface area contributed by atoms with Gasteiger partial charge in [-0.2, -0.15) is 0 Å². The molecule has 4 bridgehead atoms. The van der Waals surface area contributed by atoms with Crippen LogP contribution in [0.25, 0.3) is 44.2 Å². The first kappa shape index (κ1) is 32.2. The van der Waals surface area contributed by atoms with Crippen LogP contribution < -0.4 is 4.90 Å². The normalized spacial score (nSPS) is 24.2. The summed E-state index contributed by atoms with van der Waals surface area (Å²) < 4.78 is 6.61. The van der Waals surface area contributed by atoms with Gasteiger partial charge < -0.3 is 9.32 Å². The van der Waals surface area contributed by atoms with Gasteiger partial charge in [-0.3, -0.25) is 0 Å². The van der Waals surface area contributed by atoms with Gasteiger partial charge in [-0.1, -0.05) is 80.6 Å². The fraction of sp³-hybridized carbons (Fsp3) is 0.321. The average Bonchev–Trinajstić information content (AvgIpc) is 3.66. The van der Waals surface area contributed by atoms with E-state index in [1.165, 1.54) is 124 Å². The van der Waals surface area contributed by atoms with E-state index in [4.69, 9.17) is 4.42 Å². The second-order valence-electron chi connectivity index (χ2n) is 18.6. The summed E-state index contributed by atoms with van der Waals surface area (Å²) in [5, 5.41) is 2.49. The van der Waals surface area contributed by atoms with Crippen molar-refractivity contribution < 1.29 is 4.42 Å². The summed E-state index contributed by atoms with van der Waals surface area (Å²) >= 11 is 0. The van der Waals surface area contributed by atoms with E-state index in [0.29, 0.717) is 5.41 Å². The third kappa shape index (κ3) is 4.86. The van der Waals surface area contributed by atoms with Crippen molar-refractivity contribution in [3.05, 3.63) is 149 Å². The SMILES string of the molecule is CC1(C)c2ccccc2-c2ccc(N(c3ccc4c(c3)CCCCc3ccccc3-4)c3ccc4oc5ccc(C67CC8CC(CC(C8)C6)C7)cc5c4c3)cc21. The zero-order valence-electron chi connectivity index (χ0n) is 32.2. The molecule has 0 aliphatic heterocycles. The molecule has 0 spiro atoms. The molecule has 1 heterocycles. The molecule has 272 valence electrons. The molecule has 4 saturated carbocycles. The van der Waals surface area contributed by atoms with Crippen LogP contribution in [0.2, 0.25) is 0 Å². The van der Waals surface area contributed by atoms with Crippen molar-refractivity contribution in [3.63, 3.8) is 0 Å². The minimum atomic E-state index is -0.0816. The maximum atomic E-state index is 6.61. The summed E-state index contributed by atoms with van der Waals surface area (Å²) in [6.07, 6.45) is 13.2. The first-order chi connectivity index (χ1) is 26.9. The van der Waals surface area contributed by atoms with E-state index in [9.17, 15) is 0 Å². The van der Waals surface area contributed by atoms with Crippen molar-refractivity contribution in [2.45, 2.75) is 88.9 Å². The highest BCUT2D eigenvalue weighted by Crippen LogP contribution is 2.61. The van der Waals surface area contributed by atoms with Crippen molar-refractivity contribution >= 4 is 39.0 Å². The first-order valence-corrected chi connectivity index (χ1v) is 21.1. The van der Waals surface area contributed by atoms with E-state index in [-0.39, 0.29) is 5.41 Å². The predicted octanol–water partition coefficient (Wildman–Crippen LogP) is 14.4. The van der Waals surface area contributed by atoms with Gasteiger partial charge in [0.05, 0.1) is 0 Å². The van der Waals surface area contributed by atoms with E-state index < -0.39 is 0 Å². The molecule has 13 rings (SSSR count). The molecule has 2 nitrogen and oxygen atoms in total. The molecule has 7 aromatic rings. The van der Waals surface area contributed by atoms with Crippen molar-refractivity contribution in [3.8, 4) is 22.3 Å². The minimum Gasteiger partial charge on any atom is -0.456 e. The number of aryl methyl sites for hydroxylation is 2. The van der Waals surface area contributed by atoms with Crippen LogP contribution in [-0.2, 0) is 23.7 Å². The third-order valence-corrected chi connectivity index (χ3v) is 15.0. The van der Waals surface area contributed by atoms with Crippen molar-refractivity contribution in [1.29, 1.82) is 0 Å². The zero-order valence-corrected chi connectivity index (χ0v) is 32.2. The van der Waals surface area contributed by atoms with Gasteiger partial charge in [-0.15, -0.1) is 0 Å². The van der Waals surface area contributed by atoms with Crippen LogP contribution in [0.5, 0.6) is 0 Å². The average molecular weight is 716 g/mol.